The van der Waals surface area contributed by atoms with Crippen LogP contribution in [0.4, 0.5) is 0 Å². The molecule has 3 amide bonds. The zero-order valence-corrected chi connectivity index (χ0v) is 22.0. The number of hydrogen-bond acceptors (Lipinski definition) is 8. The van der Waals surface area contributed by atoms with E-state index in [9.17, 15) is 39.6 Å². The van der Waals surface area contributed by atoms with Crippen LogP contribution in [0, 0.1) is 5.92 Å². The quantitative estimate of drug-likeness (QED) is 0.167. The van der Waals surface area contributed by atoms with Gasteiger partial charge in [-0.2, -0.15) is 0 Å². The second kappa shape index (κ2) is 14.1. The molecule has 0 heterocycles. The highest BCUT2D eigenvalue weighted by Crippen LogP contribution is 2.14. The number of hydrogen-bond donors (Lipinski definition) is 8. The van der Waals surface area contributed by atoms with E-state index in [0.29, 0.717) is 11.1 Å². The van der Waals surface area contributed by atoms with Crippen molar-refractivity contribution in [3.63, 3.8) is 0 Å². The first-order chi connectivity index (χ1) is 18.3. The van der Waals surface area contributed by atoms with Crippen molar-refractivity contribution in [2.24, 2.45) is 11.7 Å². The van der Waals surface area contributed by atoms with E-state index in [1.165, 1.54) is 43.3 Å². The molecule has 0 aromatic heterocycles. The number of aliphatic carboxylic acids is 1. The van der Waals surface area contributed by atoms with Crippen molar-refractivity contribution in [1.82, 2.24) is 16.0 Å². The minimum atomic E-state index is -1.31. The van der Waals surface area contributed by atoms with Crippen molar-refractivity contribution in [1.29, 1.82) is 0 Å². The van der Waals surface area contributed by atoms with Crippen LogP contribution >= 0.6 is 0 Å². The SMILES string of the molecule is CC(C)C(NC(=O)C(Cc1ccc(O)cc1)NC(=O)C(N)C(C)O)C(=O)NC(Cc1ccc(O)cc1)C(=O)O. The summed E-state index contributed by atoms with van der Waals surface area (Å²) in [5.74, 6) is -3.96. The van der Waals surface area contributed by atoms with Gasteiger partial charge in [0.2, 0.25) is 17.7 Å². The van der Waals surface area contributed by atoms with Crippen LogP contribution in [0.1, 0.15) is 31.9 Å². The molecule has 9 N–H and O–H groups in total. The summed E-state index contributed by atoms with van der Waals surface area (Å²) < 4.78 is 0. The third kappa shape index (κ3) is 9.58. The van der Waals surface area contributed by atoms with Gasteiger partial charge in [-0.05, 0) is 48.2 Å². The number of phenolic OH excluding ortho intramolecular Hbond substituents is 2. The molecular formula is C27H36N4O8. The number of aliphatic hydroxyl groups is 1. The van der Waals surface area contributed by atoms with Gasteiger partial charge in [0.15, 0.2) is 0 Å². The maximum absolute atomic E-state index is 13.3. The minimum Gasteiger partial charge on any atom is -0.508 e. The predicted molar refractivity (Wildman–Crippen MR) is 142 cm³/mol. The van der Waals surface area contributed by atoms with Crippen LogP contribution in [0.2, 0.25) is 0 Å². The summed E-state index contributed by atoms with van der Waals surface area (Å²) in [4.78, 5) is 50.8. The van der Waals surface area contributed by atoms with Crippen molar-refractivity contribution in [2.75, 3.05) is 0 Å². The Kier molecular flexibility index (Phi) is 11.2. The molecule has 5 atom stereocenters. The summed E-state index contributed by atoms with van der Waals surface area (Å²) in [6, 6.07) is 6.86. The smallest absolute Gasteiger partial charge is 0.326 e. The molecule has 5 unspecified atom stereocenters. The molecule has 2 aromatic rings. The molecule has 0 spiro atoms. The Morgan fingerprint density at radius 3 is 1.56 bits per heavy atom. The Hall–Kier alpha value is -4.16. The fourth-order valence-electron chi connectivity index (χ4n) is 3.68. The van der Waals surface area contributed by atoms with Gasteiger partial charge < -0.3 is 42.1 Å². The number of carboxylic acids is 1. The van der Waals surface area contributed by atoms with Crippen molar-refractivity contribution in [3.8, 4) is 11.5 Å². The van der Waals surface area contributed by atoms with Crippen LogP contribution in [0.15, 0.2) is 48.5 Å². The first-order valence-electron chi connectivity index (χ1n) is 12.4. The number of carbonyl (C=O) groups is 4. The standard InChI is InChI=1S/C27H36N4O8/c1-14(2)23(26(37)30-21(27(38)39)13-17-6-10-19(34)11-7-17)31-24(35)20(29-25(36)22(28)15(3)32)12-16-4-8-18(33)9-5-16/h4-11,14-15,20-23,32-34H,12-13,28H2,1-3H3,(H,29,36)(H,30,37)(H,31,35)(H,38,39). The largest absolute Gasteiger partial charge is 0.508 e. The molecule has 0 bridgehead atoms. The maximum atomic E-state index is 13.3. The van der Waals surface area contributed by atoms with E-state index in [-0.39, 0.29) is 24.3 Å². The van der Waals surface area contributed by atoms with E-state index >= 15 is 0 Å². The molecule has 0 saturated carbocycles. The normalized spacial score (nSPS) is 14.9. The summed E-state index contributed by atoms with van der Waals surface area (Å²) in [6.45, 7) is 4.66. The van der Waals surface area contributed by atoms with Gasteiger partial charge in [0.1, 0.15) is 35.7 Å². The lowest BCUT2D eigenvalue weighted by Gasteiger charge is -2.27. The average Bonchev–Trinajstić information content (AvgIpc) is 2.87. The van der Waals surface area contributed by atoms with Gasteiger partial charge >= 0.3 is 5.97 Å². The van der Waals surface area contributed by atoms with E-state index in [1.54, 1.807) is 26.0 Å². The van der Waals surface area contributed by atoms with Crippen LogP contribution in [-0.2, 0) is 32.0 Å². The molecule has 12 nitrogen and oxygen atoms in total. The molecule has 0 fully saturated rings. The third-order valence-corrected chi connectivity index (χ3v) is 6.07. The average molecular weight is 545 g/mol. The van der Waals surface area contributed by atoms with Gasteiger partial charge in [0.25, 0.3) is 0 Å². The van der Waals surface area contributed by atoms with E-state index in [0.717, 1.165) is 0 Å². The lowest BCUT2D eigenvalue weighted by molar-refractivity contribution is -0.142. The zero-order valence-electron chi connectivity index (χ0n) is 22.0. The Bertz CT molecular complexity index is 1140. The molecule has 2 rings (SSSR count). The molecule has 12 heteroatoms. The topological polar surface area (TPSA) is 211 Å². The Labute approximate surface area is 226 Å². The molecule has 2 aromatic carbocycles. The summed E-state index contributed by atoms with van der Waals surface area (Å²) in [5.41, 5.74) is 6.87. The van der Waals surface area contributed by atoms with E-state index in [1.807, 2.05) is 0 Å². The monoisotopic (exact) mass is 544 g/mol. The summed E-state index contributed by atoms with van der Waals surface area (Å²) in [7, 11) is 0. The molecular weight excluding hydrogens is 508 g/mol. The Morgan fingerprint density at radius 1 is 0.718 bits per heavy atom. The van der Waals surface area contributed by atoms with Gasteiger partial charge in [-0.3, -0.25) is 14.4 Å². The molecule has 212 valence electrons. The van der Waals surface area contributed by atoms with Crippen LogP contribution in [0.3, 0.4) is 0 Å². The first-order valence-corrected chi connectivity index (χ1v) is 12.4. The number of aliphatic hydroxyl groups excluding tert-OH is 1. The number of nitrogens with two attached hydrogens (primary N) is 1. The van der Waals surface area contributed by atoms with Crippen molar-refractivity contribution in [2.45, 2.75) is 63.9 Å². The molecule has 39 heavy (non-hydrogen) atoms. The summed E-state index contributed by atoms with van der Waals surface area (Å²) >= 11 is 0. The van der Waals surface area contributed by atoms with Gasteiger partial charge in [0.05, 0.1) is 6.10 Å². The highest BCUT2D eigenvalue weighted by molar-refractivity contribution is 5.94. The number of carbonyl (C=O) groups excluding carboxylic acids is 3. The number of nitrogens with one attached hydrogen (secondary N) is 3. The highest BCUT2D eigenvalue weighted by atomic mass is 16.4. The second-order valence-corrected chi connectivity index (χ2v) is 9.70. The Morgan fingerprint density at radius 2 is 1.15 bits per heavy atom. The maximum Gasteiger partial charge on any atom is 0.326 e. The lowest BCUT2D eigenvalue weighted by Crippen LogP contribution is -2.59. The number of rotatable bonds is 13. The van der Waals surface area contributed by atoms with Crippen molar-refractivity contribution in [3.05, 3.63) is 59.7 Å². The van der Waals surface area contributed by atoms with Gasteiger partial charge in [-0.15, -0.1) is 0 Å². The predicted octanol–water partition coefficient (Wildman–Crippen LogP) is -0.214. The highest BCUT2D eigenvalue weighted by Gasteiger charge is 2.32. The van der Waals surface area contributed by atoms with Crippen LogP contribution in [0.5, 0.6) is 11.5 Å². The van der Waals surface area contributed by atoms with Crippen LogP contribution in [0.25, 0.3) is 0 Å². The molecule has 0 saturated heterocycles. The first kappa shape index (κ1) is 31.1. The molecule has 0 aliphatic heterocycles. The Balaban J connectivity index is 2.21. The molecule has 0 aliphatic carbocycles. The van der Waals surface area contributed by atoms with E-state index in [2.05, 4.69) is 16.0 Å². The molecule has 0 radical (unpaired) electrons. The number of amides is 3. The number of aromatic hydroxyl groups is 2. The lowest BCUT2D eigenvalue weighted by atomic mass is 9.99. The molecule has 0 aliphatic rings. The van der Waals surface area contributed by atoms with E-state index in [4.69, 9.17) is 5.73 Å². The van der Waals surface area contributed by atoms with Gasteiger partial charge in [0, 0.05) is 12.8 Å². The van der Waals surface area contributed by atoms with Gasteiger partial charge in [-0.25, -0.2) is 4.79 Å². The fraction of sp³-hybridized carbons (Fsp3) is 0.407. The number of carboxylic acid groups (broad SMARTS) is 1. The van der Waals surface area contributed by atoms with Crippen molar-refractivity contribution >= 4 is 23.7 Å². The zero-order chi connectivity index (χ0) is 29.3. The third-order valence-electron chi connectivity index (χ3n) is 6.07. The van der Waals surface area contributed by atoms with Gasteiger partial charge in [-0.1, -0.05) is 38.1 Å². The van der Waals surface area contributed by atoms with Crippen LogP contribution < -0.4 is 21.7 Å². The number of benzene rings is 2. The number of phenols is 2. The summed E-state index contributed by atoms with van der Waals surface area (Å²) in [6.07, 6.45) is -1.26. The van der Waals surface area contributed by atoms with Crippen molar-refractivity contribution < 1.29 is 39.6 Å². The second-order valence-electron chi connectivity index (χ2n) is 9.70. The summed E-state index contributed by atoms with van der Waals surface area (Å²) in [5, 5.41) is 45.9. The minimum absolute atomic E-state index is 0.0109. The van der Waals surface area contributed by atoms with Crippen LogP contribution in [-0.4, -0.2) is 74.4 Å². The van der Waals surface area contributed by atoms with E-state index < -0.39 is 59.9 Å². The fourth-order valence-corrected chi connectivity index (χ4v) is 3.68.